The molecule has 0 atom stereocenters. The zero-order valence-electron chi connectivity index (χ0n) is 15.3. The van der Waals surface area contributed by atoms with Crippen LogP contribution in [0.2, 0.25) is 0 Å². The summed E-state index contributed by atoms with van der Waals surface area (Å²) in [4.78, 5) is 16.9. The van der Waals surface area contributed by atoms with Crippen molar-refractivity contribution in [3.8, 4) is 11.3 Å². The fourth-order valence-electron chi connectivity index (χ4n) is 3.90. The zero-order valence-corrected chi connectivity index (χ0v) is 15.3. The summed E-state index contributed by atoms with van der Waals surface area (Å²) in [5, 5.41) is 8.34. The Labute approximate surface area is 160 Å². The van der Waals surface area contributed by atoms with Gasteiger partial charge in [0.15, 0.2) is 5.65 Å². The third kappa shape index (κ3) is 2.55. The van der Waals surface area contributed by atoms with Crippen LogP contribution in [0.4, 0.5) is 10.3 Å². The second kappa shape index (κ2) is 5.73. The highest BCUT2D eigenvalue weighted by Gasteiger charge is 2.36. The lowest BCUT2D eigenvalue weighted by Crippen LogP contribution is -2.39. The van der Waals surface area contributed by atoms with Crippen LogP contribution < -0.4 is 5.32 Å². The summed E-state index contributed by atoms with van der Waals surface area (Å²) >= 11 is 0. The predicted octanol–water partition coefficient (Wildman–Crippen LogP) is 3.85. The first-order valence-electron chi connectivity index (χ1n) is 9.80. The minimum Gasteiger partial charge on any atom is -0.351 e. The summed E-state index contributed by atoms with van der Waals surface area (Å²) in [6.07, 6.45) is 12.1. The molecule has 0 aromatic carbocycles. The van der Waals surface area contributed by atoms with Crippen molar-refractivity contribution in [2.24, 2.45) is 0 Å². The molecule has 6 rings (SSSR count). The van der Waals surface area contributed by atoms with Crippen LogP contribution in [-0.2, 0) is 0 Å². The molecule has 0 radical (unpaired) electrons. The van der Waals surface area contributed by atoms with E-state index in [9.17, 15) is 4.39 Å². The van der Waals surface area contributed by atoms with Gasteiger partial charge in [-0.15, -0.1) is 0 Å². The number of alkyl halides is 1. The van der Waals surface area contributed by atoms with E-state index in [4.69, 9.17) is 4.98 Å². The molecule has 0 unspecified atom stereocenters. The van der Waals surface area contributed by atoms with E-state index < -0.39 is 5.67 Å². The van der Waals surface area contributed by atoms with Gasteiger partial charge in [-0.1, -0.05) is 0 Å². The molecule has 28 heavy (non-hydrogen) atoms. The molecule has 7 nitrogen and oxygen atoms in total. The molecule has 0 spiro atoms. The normalized spacial score (nSPS) is 18.5. The first-order valence-corrected chi connectivity index (χ1v) is 9.80. The van der Waals surface area contributed by atoms with Crippen LogP contribution >= 0.6 is 0 Å². The molecule has 2 aliphatic rings. The van der Waals surface area contributed by atoms with Gasteiger partial charge in [-0.2, -0.15) is 10.1 Å². The molecule has 2 saturated carbocycles. The smallest absolute Gasteiger partial charge is 0.224 e. The largest absolute Gasteiger partial charge is 0.351 e. The zero-order chi connectivity index (χ0) is 18.7. The molecule has 0 aliphatic heterocycles. The first kappa shape index (κ1) is 16.0. The summed E-state index contributed by atoms with van der Waals surface area (Å²) < 4.78 is 16.0. The van der Waals surface area contributed by atoms with Crippen LogP contribution in [0.5, 0.6) is 0 Å². The number of anilines is 1. The highest BCUT2D eigenvalue weighted by molar-refractivity contribution is 5.92. The van der Waals surface area contributed by atoms with Crippen LogP contribution in [0.1, 0.15) is 43.6 Å². The van der Waals surface area contributed by atoms with Crippen molar-refractivity contribution in [2.75, 3.05) is 11.9 Å². The van der Waals surface area contributed by atoms with Gasteiger partial charge < -0.3 is 10.3 Å². The van der Waals surface area contributed by atoms with Gasteiger partial charge in [-0.3, -0.25) is 0 Å². The molecular weight excluding hydrogens is 357 g/mol. The second-order valence-electron chi connectivity index (χ2n) is 7.97. The van der Waals surface area contributed by atoms with Crippen molar-refractivity contribution in [1.82, 2.24) is 29.5 Å². The van der Waals surface area contributed by atoms with Gasteiger partial charge in [0.05, 0.1) is 18.4 Å². The number of aromatic amines is 1. The number of H-pyrrole nitrogens is 1. The van der Waals surface area contributed by atoms with Gasteiger partial charge in [0.2, 0.25) is 5.95 Å². The predicted molar refractivity (Wildman–Crippen MR) is 104 cm³/mol. The average molecular weight is 377 g/mol. The summed E-state index contributed by atoms with van der Waals surface area (Å²) in [6.45, 7) is 0.259. The fraction of sp³-hybridized carbons (Fsp3) is 0.400. The summed E-state index contributed by atoms with van der Waals surface area (Å²) in [6, 6.07) is 1.95. The first-order chi connectivity index (χ1) is 13.7. The molecule has 4 aromatic rings. The minimum absolute atomic E-state index is 0.259. The summed E-state index contributed by atoms with van der Waals surface area (Å²) in [5.74, 6) is 1.04. The Kier molecular flexibility index (Phi) is 3.27. The molecule has 2 aliphatic carbocycles. The number of hydrogen-bond donors (Lipinski definition) is 2. The monoisotopic (exact) mass is 377 g/mol. The van der Waals surface area contributed by atoms with Gasteiger partial charge in [0, 0.05) is 35.1 Å². The quantitative estimate of drug-likeness (QED) is 0.552. The molecule has 142 valence electrons. The maximum absolute atomic E-state index is 14.2. The maximum atomic E-state index is 14.2. The number of fused-ring (bicyclic) bond motifs is 2. The van der Waals surface area contributed by atoms with Crippen LogP contribution in [0.15, 0.2) is 30.9 Å². The molecule has 0 amide bonds. The Balaban J connectivity index is 1.33. The van der Waals surface area contributed by atoms with Gasteiger partial charge in [-0.25, -0.2) is 18.9 Å². The molecule has 2 fully saturated rings. The lowest BCUT2D eigenvalue weighted by atomic mass is 9.82. The Morgan fingerprint density at radius 2 is 2.14 bits per heavy atom. The molecule has 8 heteroatoms. The van der Waals surface area contributed by atoms with Crippen LogP contribution in [0.25, 0.3) is 27.9 Å². The third-order valence-corrected chi connectivity index (χ3v) is 5.93. The molecule has 0 saturated heterocycles. The number of nitrogens with zero attached hydrogens (tertiary/aromatic N) is 5. The third-order valence-electron chi connectivity index (χ3n) is 5.93. The van der Waals surface area contributed by atoms with Crippen molar-refractivity contribution in [2.45, 2.75) is 43.7 Å². The van der Waals surface area contributed by atoms with E-state index in [0.717, 1.165) is 28.7 Å². The summed E-state index contributed by atoms with van der Waals surface area (Å²) in [5.41, 5.74) is 3.56. The van der Waals surface area contributed by atoms with Crippen LogP contribution in [-0.4, -0.2) is 41.8 Å². The second-order valence-corrected chi connectivity index (χ2v) is 7.97. The molecular formula is C20H20FN7. The van der Waals surface area contributed by atoms with Crippen molar-refractivity contribution < 1.29 is 4.39 Å². The molecule has 4 heterocycles. The number of aromatic nitrogens is 6. The van der Waals surface area contributed by atoms with Crippen LogP contribution in [0.3, 0.4) is 0 Å². The van der Waals surface area contributed by atoms with E-state index in [1.54, 1.807) is 6.20 Å². The summed E-state index contributed by atoms with van der Waals surface area (Å²) in [7, 11) is 0. The molecule has 4 aromatic heterocycles. The Hall–Kier alpha value is -3.03. The average Bonchev–Trinajstić information content (AvgIpc) is 3.31. The van der Waals surface area contributed by atoms with E-state index in [1.165, 1.54) is 18.4 Å². The SMILES string of the molecule is FC1(CNc2ncc3c(-c4ccn5ncc(C6CC6)c5n4)c[nH]c3n2)CCC1. The number of halogens is 1. The molecule has 2 N–H and O–H groups in total. The standard InChI is InChI=1S/C20H20FN7/c21-20(5-1-6-20)11-24-19-23-9-15-14(8-22-17(15)27-19)16-4-7-28-18(26-16)13(10-25-28)12-2-3-12/h4,7-10,12H,1-3,5-6,11H2,(H2,22,23,24,27). The number of hydrogen-bond acceptors (Lipinski definition) is 5. The van der Waals surface area contributed by atoms with Crippen molar-refractivity contribution >= 4 is 22.6 Å². The van der Waals surface area contributed by atoms with Gasteiger partial charge >= 0.3 is 0 Å². The van der Waals surface area contributed by atoms with Crippen molar-refractivity contribution in [3.63, 3.8) is 0 Å². The van der Waals surface area contributed by atoms with Gasteiger partial charge in [0.1, 0.15) is 11.3 Å². The minimum atomic E-state index is -1.11. The van der Waals surface area contributed by atoms with E-state index in [0.29, 0.717) is 30.4 Å². The Morgan fingerprint density at radius 3 is 2.93 bits per heavy atom. The van der Waals surface area contributed by atoms with E-state index in [-0.39, 0.29) is 6.54 Å². The highest BCUT2D eigenvalue weighted by Crippen LogP contribution is 2.41. The topological polar surface area (TPSA) is 83.8 Å². The van der Waals surface area contributed by atoms with E-state index in [1.807, 2.05) is 29.2 Å². The van der Waals surface area contributed by atoms with Crippen molar-refractivity contribution in [3.05, 3.63) is 36.4 Å². The van der Waals surface area contributed by atoms with Crippen LogP contribution in [0, 0.1) is 0 Å². The lowest BCUT2D eigenvalue weighted by molar-refractivity contribution is 0.0782. The highest BCUT2D eigenvalue weighted by atomic mass is 19.1. The molecule has 0 bridgehead atoms. The Bertz CT molecular complexity index is 1190. The van der Waals surface area contributed by atoms with Gasteiger partial charge in [-0.05, 0) is 44.1 Å². The number of rotatable bonds is 5. The maximum Gasteiger partial charge on any atom is 0.224 e. The number of nitrogens with one attached hydrogen (secondary N) is 2. The lowest BCUT2D eigenvalue weighted by Gasteiger charge is -2.33. The van der Waals surface area contributed by atoms with E-state index in [2.05, 4.69) is 25.4 Å². The van der Waals surface area contributed by atoms with Gasteiger partial charge in [0.25, 0.3) is 0 Å². The Morgan fingerprint density at radius 1 is 1.25 bits per heavy atom. The van der Waals surface area contributed by atoms with Crippen molar-refractivity contribution in [1.29, 1.82) is 0 Å². The van der Waals surface area contributed by atoms with E-state index >= 15 is 0 Å². The fourth-order valence-corrected chi connectivity index (χ4v) is 3.90.